The van der Waals surface area contributed by atoms with Crippen LogP contribution in [-0.4, -0.2) is 43.7 Å². The molecule has 0 bridgehead atoms. The summed E-state index contributed by atoms with van der Waals surface area (Å²) in [7, 11) is -1.21. The normalized spacial score (nSPS) is 19.2. The Labute approximate surface area is 218 Å². The minimum absolute atomic E-state index is 0.344. The number of aliphatic hydroxyl groups is 1. The van der Waals surface area contributed by atoms with Crippen LogP contribution in [0, 0.1) is 17.4 Å². The largest absolute Gasteiger partial charge is 0.388 e. The summed E-state index contributed by atoms with van der Waals surface area (Å²) in [5, 5.41) is 15.2. The fourth-order valence-corrected chi connectivity index (χ4v) is 6.49. The smallest absolute Gasteiger partial charge is 0.227 e. The summed E-state index contributed by atoms with van der Waals surface area (Å²) < 4.78 is 26.4. The van der Waals surface area contributed by atoms with E-state index in [2.05, 4.69) is 22.3 Å². The number of nitrogens with zero attached hydrogens (tertiary/aromatic N) is 3. The SMILES string of the molecule is CC(C)(O)[C@H](Nc1nc(N2CCC(c3ccc([ClH+])cc3)CC2)nc2c1S(=O)CC2)c1ccc(F)cc1. The van der Waals surface area contributed by atoms with Crippen molar-refractivity contribution in [2.75, 3.05) is 29.1 Å². The minimum atomic E-state index is -1.21. The number of hydrogen-bond acceptors (Lipinski definition) is 6. The molecule has 2 N–H and O–H groups in total. The number of aryl methyl sites for hydroxylation is 1. The molecule has 3 aromatic rings. The molecule has 0 aliphatic carbocycles. The quantitative estimate of drug-likeness (QED) is 0.496. The van der Waals surface area contributed by atoms with Gasteiger partial charge in [0, 0.05) is 37.4 Å². The van der Waals surface area contributed by atoms with Crippen molar-refractivity contribution in [3.05, 3.63) is 76.2 Å². The highest BCUT2D eigenvalue weighted by atomic mass is 35.5. The Morgan fingerprint density at radius 3 is 2.42 bits per heavy atom. The van der Waals surface area contributed by atoms with Gasteiger partial charge in [-0.05, 0) is 55.9 Å². The fraction of sp³-hybridized carbons (Fsp3) is 0.407. The molecule has 2 atom stereocenters. The highest BCUT2D eigenvalue weighted by molar-refractivity contribution is 7.85. The third kappa shape index (κ3) is 5.26. The van der Waals surface area contributed by atoms with Crippen LogP contribution < -0.4 is 10.2 Å². The Kier molecular flexibility index (Phi) is 7.03. The van der Waals surface area contributed by atoms with Crippen molar-refractivity contribution in [3.63, 3.8) is 0 Å². The highest BCUT2D eigenvalue weighted by Gasteiger charge is 2.34. The Hall–Kier alpha value is -2.55. The van der Waals surface area contributed by atoms with E-state index in [-0.39, 0.29) is 5.82 Å². The van der Waals surface area contributed by atoms with Crippen molar-refractivity contribution in [1.82, 2.24) is 9.97 Å². The van der Waals surface area contributed by atoms with Crippen LogP contribution in [-0.2, 0) is 17.2 Å². The Balaban J connectivity index is 1.42. The summed E-state index contributed by atoms with van der Waals surface area (Å²) in [6.45, 7) is 5.01. The molecule has 1 saturated heterocycles. The van der Waals surface area contributed by atoms with E-state index in [1.807, 2.05) is 12.1 Å². The number of fused-ring (bicyclic) bond motifs is 1. The first-order valence-corrected chi connectivity index (χ1v) is 14.0. The van der Waals surface area contributed by atoms with Gasteiger partial charge in [0.2, 0.25) is 11.0 Å². The maximum atomic E-state index is 13.6. The standard InChI is InChI=1S/C27H31ClFN4O2S/c1-27(2,34)24(19-5-9-21(29)10-6-19)31-25-23-22(13-16-36(23)35)30-26(32-25)33-14-11-18(12-15-33)17-3-7-20(28)8-4-17/h3-10,18,24,28,34H,11-16H2,1-2H3,(H,30,31,32)/q+1/t24-,36?/m1/s1. The Bertz CT molecular complexity index is 1260. The van der Waals surface area contributed by atoms with Crippen molar-refractivity contribution < 1.29 is 25.3 Å². The van der Waals surface area contributed by atoms with Crippen molar-refractivity contribution >= 4 is 22.6 Å². The predicted octanol–water partition coefficient (Wildman–Crippen LogP) is 4.28. The van der Waals surface area contributed by atoms with Gasteiger partial charge < -0.3 is 15.3 Å². The number of halogens is 2. The molecule has 0 amide bonds. The van der Waals surface area contributed by atoms with E-state index < -0.39 is 22.4 Å². The van der Waals surface area contributed by atoms with Crippen molar-refractivity contribution in [1.29, 1.82) is 0 Å². The van der Waals surface area contributed by atoms with Crippen molar-refractivity contribution in [2.24, 2.45) is 0 Å². The maximum absolute atomic E-state index is 13.6. The van der Waals surface area contributed by atoms with Gasteiger partial charge in [0.05, 0.1) is 28.1 Å². The van der Waals surface area contributed by atoms with Crippen LogP contribution in [0.4, 0.5) is 16.2 Å². The van der Waals surface area contributed by atoms with E-state index in [0.29, 0.717) is 40.3 Å². The molecule has 1 aromatic heterocycles. The summed E-state index contributed by atoms with van der Waals surface area (Å²) in [4.78, 5) is 12.4. The molecule has 3 heterocycles. The fourth-order valence-electron chi connectivity index (χ4n) is 5.04. The van der Waals surface area contributed by atoms with Crippen LogP contribution in [0.3, 0.4) is 0 Å². The summed E-state index contributed by atoms with van der Waals surface area (Å²) in [5.41, 5.74) is 1.63. The van der Waals surface area contributed by atoms with E-state index >= 15 is 0 Å². The van der Waals surface area contributed by atoms with Crippen LogP contribution in [0.2, 0.25) is 5.02 Å². The summed E-state index contributed by atoms with van der Waals surface area (Å²) in [5.74, 6) is 1.72. The molecular weight excluding hydrogens is 499 g/mol. The van der Waals surface area contributed by atoms with Crippen LogP contribution in [0.15, 0.2) is 53.4 Å². The van der Waals surface area contributed by atoms with Gasteiger partial charge >= 0.3 is 0 Å². The molecule has 0 spiro atoms. The second-order valence-corrected chi connectivity index (χ2v) is 12.0. The molecular formula is C27H31ClFN4O2S+. The van der Waals surface area contributed by atoms with E-state index in [4.69, 9.17) is 21.6 Å². The number of nitrogens with one attached hydrogen (secondary N) is 1. The Morgan fingerprint density at radius 2 is 1.78 bits per heavy atom. The molecule has 190 valence electrons. The topological polar surface area (TPSA) is 78.3 Å². The van der Waals surface area contributed by atoms with Gasteiger partial charge in [-0.1, -0.05) is 24.3 Å². The van der Waals surface area contributed by atoms with Crippen LogP contribution in [0.1, 0.15) is 55.5 Å². The number of rotatable bonds is 6. The molecule has 1 fully saturated rings. The highest BCUT2D eigenvalue weighted by Crippen LogP contribution is 2.37. The molecule has 2 aliphatic heterocycles. The predicted molar refractivity (Wildman–Crippen MR) is 137 cm³/mol. The zero-order valence-electron chi connectivity index (χ0n) is 20.4. The van der Waals surface area contributed by atoms with Gasteiger partial charge in [-0.2, -0.15) is 4.98 Å². The molecule has 0 radical (unpaired) electrons. The van der Waals surface area contributed by atoms with Gasteiger partial charge in [-0.25, -0.2) is 9.37 Å². The second-order valence-electron chi connectivity index (χ2n) is 10.1. The third-order valence-electron chi connectivity index (χ3n) is 7.00. The molecule has 1 unspecified atom stereocenters. The first-order chi connectivity index (χ1) is 17.2. The zero-order chi connectivity index (χ0) is 25.4. The van der Waals surface area contributed by atoms with Crippen molar-refractivity contribution in [2.45, 2.75) is 55.6 Å². The van der Waals surface area contributed by atoms with Crippen LogP contribution in [0.25, 0.3) is 0 Å². The van der Waals surface area contributed by atoms with E-state index in [1.54, 1.807) is 26.0 Å². The lowest BCUT2D eigenvalue weighted by Gasteiger charge is -2.34. The molecule has 5 rings (SSSR count). The minimum Gasteiger partial charge on any atom is -0.388 e. The summed E-state index contributed by atoms with van der Waals surface area (Å²) in [6.07, 6.45) is 2.58. The van der Waals surface area contributed by atoms with Crippen LogP contribution >= 0.6 is 0 Å². The zero-order valence-corrected chi connectivity index (χ0v) is 22.0. The van der Waals surface area contributed by atoms with E-state index in [9.17, 15) is 13.7 Å². The first kappa shape index (κ1) is 25.1. The molecule has 2 aliphatic rings. The van der Waals surface area contributed by atoms with E-state index in [1.165, 1.54) is 17.7 Å². The lowest BCUT2D eigenvalue weighted by Crippen LogP contribution is -2.36. The first-order valence-electron chi connectivity index (χ1n) is 12.2. The molecule has 9 heteroatoms. The second kappa shape index (κ2) is 10.1. The molecule has 36 heavy (non-hydrogen) atoms. The number of hydrogen-bond donors (Lipinski definition) is 2. The summed E-state index contributed by atoms with van der Waals surface area (Å²) in [6, 6.07) is 13.7. The molecule has 6 nitrogen and oxygen atoms in total. The monoisotopic (exact) mass is 529 g/mol. The average Bonchev–Trinajstić information content (AvgIpc) is 3.24. The number of aromatic nitrogens is 2. The van der Waals surface area contributed by atoms with E-state index in [0.717, 1.165) is 36.6 Å². The Morgan fingerprint density at radius 1 is 1.11 bits per heavy atom. The molecule has 2 aromatic carbocycles. The van der Waals surface area contributed by atoms with Crippen LogP contribution in [0.5, 0.6) is 0 Å². The third-order valence-corrected chi connectivity index (χ3v) is 8.73. The lowest BCUT2D eigenvalue weighted by molar-refractivity contribution is -0.288. The van der Waals surface area contributed by atoms with Gasteiger partial charge in [0.15, 0.2) is 11.6 Å². The molecule has 0 saturated carbocycles. The number of anilines is 2. The van der Waals surface area contributed by atoms with Gasteiger partial charge in [0.1, 0.15) is 16.5 Å². The van der Waals surface area contributed by atoms with Gasteiger partial charge in [-0.15, -0.1) is 0 Å². The van der Waals surface area contributed by atoms with Gasteiger partial charge in [-0.3, -0.25) is 4.21 Å². The van der Waals surface area contributed by atoms with Crippen molar-refractivity contribution in [3.8, 4) is 0 Å². The number of benzene rings is 2. The number of piperidine rings is 1. The summed E-state index contributed by atoms with van der Waals surface area (Å²) >= 11 is 5.22. The maximum Gasteiger partial charge on any atom is 0.227 e. The lowest BCUT2D eigenvalue weighted by atomic mass is 9.89. The average molecular weight is 530 g/mol. The van der Waals surface area contributed by atoms with Gasteiger partial charge in [0.25, 0.3) is 0 Å².